The van der Waals surface area contributed by atoms with E-state index < -0.39 is 0 Å². The summed E-state index contributed by atoms with van der Waals surface area (Å²) in [5, 5.41) is 0. The summed E-state index contributed by atoms with van der Waals surface area (Å²) in [6, 6.07) is 3.92. The zero-order valence-corrected chi connectivity index (χ0v) is 11.3. The third-order valence-corrected chi connectivity index (χ3v) is 2.59. The molecule has 0 radical (unpaired) electrons. The van der Waals surface area contributed by atoms with Crippen molar-refractivity contribution < 1.29 is 9.47 Å². The highest BCUT2D eigenvalue weighted by atomic mass is 35.5. The number of nitrogens with zero attached hydrogens (tertiary/aromatic N) is 1. The van der Waals surface area contributed by atoms with Gasteiger partial charge in [-0.05, 0) is 36.3 Å². The second-order valence-electron chi connectivity index (χ2n) is 3.75. The molecule has 0 unspecified atom stereocenters. The minimum Gasteiger partial charge on any atom is -0.493 e. The van der Waals surface area contributed by atoms with Gasteiger partial charge in [0.2, 0.25) is 0 Å². The second kappa shape index (κ2) is 6.31. The van der Waals surface area contributed by atoms with E-state index >= 15 is 0 Å². The average molecular weight is 269 g/mol. The molecule has 1 aromatic carbocycles. The first-order valence-corrected chi connectivity index (χ1v) is 5.57. The third-order valence-electron chi connectivity index (χ3n) is 2.59. The van der Waals surface area contributed by atoms with E-state index in [4.69, 9.17) is 15.2 Å². The number of amidine groups is 1. The van der Waals surface area contributed by atoms with Gasteiger partial charge in [0.05, 0.1) is 13.7 Å². The molecular formula is C13H17ClN2O2. The van der Waals surface area contributed by atoms with E-state index in [0.717, 1.165) is 22.6 Å². The maximum absolute atomic E-state index is 5.76. The van der Waals surface area contributed by atoms with E-state index in [0.29, 0.717) is 18.9 Å². The summed E-state index contributed by atoms with van der Waals surface area (Å²) in [6.07, 6.45) is 4.27. The predicted octanol–water partition coefficient (Wildman–Crippen LogP) is 2.40. The minimum atomic E-state index is 0. The lowest BCUT2D eigenvalue weighted by atomic mass is 10.0. The number of aliphatic imine (C=N–C) groups is 1. The predicted molar refractivity (Wildman–Crippen MR) is 75.8 cm³/mol. The quantitative estimate of drug-likeness (QED) is 0.916. The summed E-state index contributed by atoms with van der Waals surface area (Å²) in [6.45, 7) is 2.56. The summed E-state index contributed by atoms with van der Waals surface area (Å²) in [4.78, 5) is 4.10. The van der Waals surface area contributed by atoms with E-state index in [2.05, 4.69) is 4.99 Å². The molecule has 0 spiro atoms. The molecule has 1 aliphatic heterocycles. The zero-order valence-electron chi connectivity index (χ0n) is 10.5. The van der Waals surface area contributed by atoms with Crippen LogP contribution in [0.25, 0.3) is 6.08 Å². The second-order valence-corrected chi connectivity index (χ2v) is 3.75. The number of methoxy groups -OCH3 is 1. The van der Waals surface area contributed by atoms with Crippen LogP contribution in [0.1, 0.15) is 18.1 Å². The molecule has 1 aliphatic rings. The number of fused-ring (bicyclic) bond motifs is 1. The van der Waals surface area contributed by atoms with Crippen molar-refractivity contribution in [3.63, 3.8) is 0 Å². The van der Waals surface area contributed by atoms with E-state index in [1.807, 2.05) is 25.1 Å². The fourth-order valence-corrected chi connectivity index (χ4v) is 1.81. The van der Waals surface area contributed by atoms with Crippen molar-refractivity contribution in [3.8, 4) is 11.5 Å². The van der Waals surface area contributed by atoms with Gasteiger partial charge in [0.1, 0.15) is 5.84 Å². The van der Waals surface area contributed by atoms with Crippen LogP contribution in [0, 0.1) is 0 Å². The van der Waals surface area contributed by atoms with Crippen LogP contribution in [0.4, 0.5) is 0 Å². The minimum absolute atomic E-state index is 0. The Kier molecular flexibility index (Phi) is 5.04. The largest absolute Gasteiger partial charge is 0.493 e. The van der Waals surface area contributed by atoms with Gasteiger partial charge < -0.3 is 15.2 Å². The third kappa shape index (κ3) is 2.96. The van der Waals surface area contributed by atoms with Crippen molar-refractivity contribution in [2.24, 2.45) is 10.7 Å². The van der Waals surface area contributed by atoms with Crippen LogP contribution in [0.15, 0.2) is 23.3 Å². The first-order valence-electron chi connectivity index (χ1n) is 5.57. The van der Waals surface area contributed by atoms with E-state index in [-0.39, 0.29) is 12.4 Å². The van der Waals surface area contributed by atoms with Gasteiger partial charge in [0, 0.05) is 12.6 Å². The van der Waals surface area contributed by atoms with Crippen LogP contribution >= 0.6 is 12.4 Å². The number of nitrogens with two attached hydrogens (primary N) is 1. The van der Waals surface area contributed by atoms with Crippen LogP contribution in [0.3, 0.4) is 0 Å². The standard InChI is InChI=1S/C13H16N2O2.ClH/c1-3-17-12-6-9-4-5-15-13(14)8-10(9)7-11(12)16-2;/h4-7H,3,8H2,1-2H3,(H2,14,15);1H. The number of ether oxygens (including phenoxy) is 2. The fraction of sp³-hybridized carbons (Fsp3) is 0.308. The molecule has 0 atom stereocenters. The maximum Gasteiger partial charge on any atom is 0.161 e. The lowest BCUT2D eigenvalue weighted by Crippen LogP contribution is -2.14. The number of benzene rings is 1. The summed E-state index contributed by atoms with van der Waals surface area (Å²) in [5.74, 6) is 2.08. The highest BCUT2D eigenvalue weighted by Gasteiger charge is 2.12. The summed E-state index contributed by atoms with van der Waals surface area (Å²) < 4.78 is 10.8. The first-order chi connectivity index (χ1) is 8.24. The number of hydrogen-bond donors (Lipinski definition) is 1. The van der Waals surface area contributed by atoms with Gasteiger partial charge >= 0.3 is 0 Å². The molecule has 4 nitrogen and oxygen atoms in total. The molecule has 5 heteroatoms. The lowest BCUT2D eigenvalue weighted by Gasteiger charge is -2.13. The molecule has 1 heterocycles. The van der Waals surface area contributed by atoms with Gasteiger partial charge in [-0.1, -0.05) is 0 Å². The molecule has 18 heavy (non-hydrogen) atoms. The Balaban J connectivity index is 0.00000162. The molecular weight excluding hydrogens is 252 g/mol. The van der Waals surface area contributed by atoms with Gasteiger partial charge in [-0.25, -0.2) is 4.99 Å². The van der Waals surface area contributed by atoms with E-state index in [9.17, 15) is 0 Å². The average Bonchev–Trinajstić information content (AvgIpc) is 2.49. The lowest BCUT2D eigenvalue weighted by molar-refractivity contribution is 0.310. The SMILES string of the molecule is CCOc1cc2c(cc1OC)CC(N)=NC=C2.Cl. The van der Waals surface area contributed by atoms with Crippen LogP contribution in [-0.2, 0) is 6.42 Å². The van der Waals surface area contributed by atoms with Crippen molar-refractivity contribution in [3.05, 3.63) is 29.5 Å². The summed E-state index contributed by atoms with van der Waals surface area (Å²) >= 11 is 0. The Labute approximate surface area is 113 Å². The highest BCUT2D eigenvalue weighted by Crippen LogP contribution is 2.32. The molecule has 0 saturated heterocycles. The Bertz CT molecular complexity index is 484. The van der Waals surface area contributed by atoms with Crippen LogP contribution in [-0.4, -0.2) is 19.6 Å². The normalized spacial score (nSPS) is 12.9. The summed E-state index contributed by atoms with van der Waals surface area (Å²) in [5.41, 5.74) is 7.93. The zero-order chi connectivity index (χ0) is 12.3. The topological polar surface area (TPSA) is 56.8 Å². The van der Waals surface area contributed by atoms with Crippen LogP contribution in [0.2, 0.25) is 0 Å². The van der Waals surface area contributed by atoms with E-state index in [1.54, 1.807) is 13.3 Å². The Hall–Kier alpha value is -1.68. The molecule has 0 aliphatic carbocycles. The Morgan fingerprint density at radius 1 is 1.33 bits per heavy atom. The Morgan fingerprint density at radius 2 is 2.11 bits per heavy atom. The molecule has 0 saturated carbocycles. The smallest absolute Gasteiger partial charge is 0.161 e. The molecule has 1 aromatic rings. The Morgan fingerprint density at radius 3 is 2.78 bits per heavy atom. The van der Waals surface area contributed by atoms with Gasteiger partial charge in [-0.15, -0.1) is 12.4 Å². The molecule has 0 aromatic heterocycles. The molecule has 0 amide bonds. The molecule has 2 rings (SSSR count). The molecule has 0 fully saturated rings. The number of halogens is 1. The highest BCUT2D eigenvalue weighted by molar-refractivity contribution is 5.86. The maximum atomic E-state index is 5.76. The fourth-order valence-electron chi connectivity index (χ4n) is 1.81. The van der Waals surface area contributed by atoms with Gasteiger partial charge in [0.25, 0.3) is 0 Å². The summed E-state index contributed by atoms with van der Waals surface area (Å²) in [7, 11) is 1.63. The first kappa shape index (κ1) is 14.4. The molecule has 2 N–H and O–H groups in total. The number of hydrogen-bond acceptors (Lipinski definition) is 4. The van der Waals surface area contributed by atoms with Crippen molar-refractivity contribution in [1.29, 1.82) is 0 Å². The van der Waals surface area contributed by atoms with Crippen molar-refractivity contribution in [2.45, 2.75) is 13.3 Å². The van der Waals surface area contributed by atoms with Gasteiger partial charge in [0.15, 0.2) is 11.5 Å². The van der Waals surface area contributed by atoms with Crippen molar-refractivity contribution in [1.82, 2.24) is 0 Å². The van der Waals surface area contributed by atoms with E-state index in [1.165, 1.54) is 0 Å². The van der Waals surface area contributed by atoms with Crippen molar-refractivity contribution >= 4 is 24.3 Å². The van der Waals surface area contributed by atoms with Gasteiger partial charge in [-0.2, -0.15) is 0 Å². The monoisotopic (exact) mass is 268 g/mol. The molecule has 98 valence electrons. The van der Waals surface area contributed by atoms with Gasteiger partial charge in [-0.3, -0.25) is 0 Å². The molecule has 0 bridgehead atoms. The van der Waals surface area contributed by atoms with Crippen LogP contribution < -0.4 is 15.2 Å². The van der Waals surface area contributed by atoms with Crippen molar-refractivity contribution in [2.75, 3.05) is 13.7 Å². The number of rotatable bonds is 3. The van der Waals surface area contributed by atoms with Crippen LogP contribution in [0.5, 0.6) is 11.5 Å².